The second-order valence-electron chi connectivity index (χ2n) is 8.12. The molecule has 3 aromatic rings. The highest BCUT2D eigenvalue weighted by atomic mass is 35.5. The number of aliphatic hydroxyl groups excluding tert-OH is 1. The van der Waals surface area contributed by atoms with E-state index >= 15 is 0 Å². The van der Waals surface area contributed by atoms with Crippen molar-refractivity contribution < 1.29 is 27.9 Å². The monoisotopic (exact) mass is 520 g/mol. The molecule has 0 saturated heterocycles. The number of benzene rings is 2. The first-order valence-electron chi connectivity index (χ1n) is 11.1. The largest absolute Gasteiger partial charge is 0.495 e. The molecule has 0 fully saturated rings. The van der Waals surface area contributed by atoms with Crippen molar-refractivity contribution in [1.82, 2.24) is 14.5 Å². The topological polar surface area (TPSA) is 72.1 Å². The fraction of sp³-hybridized carbons (Fsp3) is 0.280. The average molecular weight is 521 g/mol. The van der Waals surface area contributed by atoms with Crippen LogP contribution in [0.4, 0.5) is 13.2 Å². The molecule has 0 spiro atoms. The van der Waals surface area contributed by atoms with Crippen LogP contribution in [0.3, 0.4) is 0 Å². The van der Waals surface area contributed by atoms with Gasteiger partial charge in [0.25, 0.3) is 5.72 Å². The number of oxime groups is 1. The molecule has 7 nitrogen and oxygen atoms in total. The molecule has 4 rings (SSSR count). The van der Waals surface area contributed by atoms with E-state index in [0.717, 1.165) is 29.1 Å². The molecular formula is C25H24ClF3N4O3. The summed E-state index contributed by atoms with van der Waals surface area (Å²) in [6.45, 7) is 1.44. The SMILES string of the molecule is COc1cc(/C=C/C2=NOC(CO)(c3cc(F)c(F)c(F)c3)N2CCCCl)ccc1-n1cnc(C)c1. The summed E-state index contributed by atoms with van der Waals surface area (Å²) in [6, 6.07) is 7.13. The smallest absolute Gasteiger partial charge is 0.260 e. The quantitative estimate of drug-likeness (QED) is 0.326. The lowest BCUT2D eigenvalue weighted by Crippen LogP contribution is -2.49. The van der Waals surface area contributed by atoms with Crippen LogP contribution in [-0.4, -0.2) is 51.5 Å². The van der Waals surface area contributed by atoms with Gasteiger partial charge in [0.2, 0.25) is 0 Å². The number of imidazole rings is 1. The summed E-state index contributed by atoms with van der Waals surface area (Å²) in [6.07, 6.45) is 7.41. The minimum Gasteiger partial charge on any atom is -0.495 e. The number of ether oxygens (including phenoxy) is 1. The molecule has 0 bridgehead atoms. The molecule has 1 aliphatic rings. The number of hydrogen-bond acceptors (Lipinski definition) is 6. The fourth-order valence-corrected chi connectivity index (χ4v) is 4.09. The molecule has 0 radical (unpaired) electrons. The Morgan fingerprint density at radius 1 is 1.17 bits per heavy atom. The first-order valence-corrected chi connectivity index (χ1v) is 11.6. The van der Waals surface area contributed by atoms with Crippen LogP contribution in [0, 0.1) is 24.4 Å². The van der Waals surface area contributed by atoms with Gasteiger partial charge < -0.3 is 24.1 Å². The Balaban J connectivity index is 1.65. The second-order valence-corrected chi connectivity index (χ2v) is 8.50. The second kappa shape index (κ2) is 10.6. The van der Waals surface area contributed by atoms with Gasteiger partial charge in [0, 0.05) is 24.2 Å². The molecule has 190 valence electrons. The maximum absolute atomic E-state index is 14.0. The molecule has 2 heterocycles. The lowest BCUT2D eigenvalue weighted by molar-refractivity contribution is -0.136. The molecule has 0 amide bonds. The van der Waals surface area contributed by atoms with E-state index in [2.05, 4.69) is 10.1 Å². The first-order chi connectivity index (χ1) is 17.3. The van der Waals surface area contributed by atoms with Crippen LogP contribution in [0.2, 0.25) is 0 Å². The molecule has 1 atom stereocenters. The summed E-state index contributed by atoms with van der Waals surface area (Å²) >= 11 is 5.88. The summed E-state index contributed by atoms with van der Waals surface area (Å²) in [7, 11) is 1.56. The van der Waals surface area contributed by atoms with Crippen LogP contribution in [0.5, 0.6) is 5.75 Å². The van der Waals surface area contributed by atoms with Crippen molar-refractivity contribution in [1.29, 1.82) is 0 Å². The lowest BCUT2D eigenvalue weighted by Gasteiger charge is -2.35. The van der Waals surface area contributed by atoms with Crippen molar-refractivity contribution in [2.24, 2.45) is 5.16 Å². The number of amidine groups is 1. The van der Waals surface area contributed by atoms with E-state index in [9.17, 15) is 18.3 Å². The van der Waals surface area contributed by atoms with E-state index in [-0.39, 0.29) is 23.8 Å². The summed E-state index contributed by atoms with van der Waals surface area (Å²) in [5.74, 6) is -3.23. The van der Waals surface area contributed by atoms with Gasteiger partial charge >= 0.3 is 0 Å². The molecule has 11 heteroatoms. The molecule has 0 saturated carbocycles. The van der Waals surface area contributed by atoms with Gasteiger partial charge in [-0.15, -0.1) is 11.6 Å². The van der Waals surface area contributed by atoms with Crippen molar-refractivity contribution in [3.8, 4) is 11.4 Å². The number of rotatable bonds is 9. The number of halogens is 4. The van der Waals surface area contributed by atoms with E-state index in [4.69, 9.17) is 21.2 Å². The number of nitrogens with zero attached hydrogens (tertiary/aromatic N) is 4. The number of aromatic nitrogens is 2. The predicted molar refractivity (Wildman–Crippen MR) is 130 cm³/mol. The van der Waals surface area contributed by atoms with E-state index in [1.165, 1.54) is 4.90 Å². The molecule has 1 aliphatic heterocycles. The first kappa shape index (κ1) is 25.6. The minimum atomic E-state index is -1.75. The molecule has 1 N–H and O–H groups in total. The van der Waals surface area contributed by atoms with Crippen LogP contribution < -0.4 is 4.74 Å². The van der Waals surface area contributed by atoms with Crippen molar-refractivity contribution in [2.75, 3.05) is 26.1 Å². The third-order valence-corrected chi connectivity index (χ3v) is 6.05. The van der Waals surface area contributed by atoms with Crippen molar-refractivity contribution in [3.05, 3.63) is 83.2 Å². The lowest BCUT2D eigenvalue weighted by atomic mass is 10.00. The van der Waals surface area contributed by atoms with Crippen molar-refractivity contribution in [3.63, 3.8) is 0 Å². The van der Waals surface area contributed by atoms with Gasteiger partial charge in [-0.2, -0.15) is 0 Å². The zero-order chi connectivity index (χ0) is 25.9. The number of hydrogen-bond donors (Lipinski definition) is 1. The Labute approximate surface area is 211 Å². The van der Waals surface area contributed by atoms with Crippen molar-refractivity contribution >= 4 is 23.5 Å². The molecule has 0 aliphatic carbocycles. The van der Waals surface area contributed by atoms with Gasteiger partial charge in [-0.3, -0.25) is 0 Å². The molecular weight excluding hydrogens is 497 g/mol. The summed E-state index contributed by atoms with van der Waals surface area (Å²) in [4.78, 5) is 11.3. The zero-order valence-corrected chi connectivity index (χ0v) is 20.3. The van der Waals surface area contributed by atoms with Gasteiger partial charge in [0.1, 0.15) is 12.4 Å². The highest BCUT2D eigenvalue weighted by Gasteiger charge is 2.47. The third-order valence-electron chi connectivity index (χ3n) is 5.79. The molecule has 1 aromatic heterocycles. The highest BCUT2D eigenvalue weighted by Crippen LogP contribution is 2.37. The molecule has 36 heavy (non-hydrogen) atoms. The Morgan fingerprint density at radius 3 is 2.53 bits per heavy atom. The third kappa shape index (κ3) is 4.78. The van der Waals surface area contributed by atoms with E-state index in [1.807, 2.05) is 35.9 Å². The van der Waals surface area contributed by atoms with Gasteiger partial charge in [-0.1, -0.05) is 17.3 Å². The minimum absolute atomic E-state index is 0.121. The number of methoxy groups -OCH3 is 1. The summed E-state index contributed by atoms with van der Waals surface area (Å²) < 4.78 is 49.0. The maximum atomic E-state index is 14.0. The van der Waals surface area contributed by atoms with Gasteiger partial charge in [-0.25, -0.2) is 18.2 Å². The number of aliphatic hydroxyl groups is 1. The normalized spacial score (nSPS) is 17.5. The Kier molecular flexibility index (Phi) is 7.56. The van der Waals surface area contributed by atoms with Gasteiger partial charge in [0.15, 0.2) is 23.3 Å². The Morgan fingerprint density at radius 2 is 1.92 bits per heavy atom. The average Bonchev–Trinajstić information content (AvgIpc) is 3.47. The predicted octanol–water partition coefficient (Wildman–Crippen LogP) is 4.74. The van der Waals surface area contributed by atoms with E-state index in [1.54, 1.807) is 25.6 Å². The Bertz CT molecular complexity index is 1290. The molecule has 1 unspecified atom stereocenters. The fourth-order valence-electron chi connectivity index (χ4n) is 3.97. The van der Waals surface area contributed by atoms with E-state index < -0.39 is 29.8 Å². The van der Waals surface area contributed by atoms with Gasteiger partial charge in [-0.05, 0) is 49.2 Å². The van der Waals surface area contributed by atoms with Crippen LogP contribution in [-0.2, 0) is 10.6 Å². The molecule has 2 aromatic carbocycles. The highest BCUT2D eigenvalue weighted by molar-refractivity contribution is 6.17. The number of aryl methyl sites for hydroxylation is 1. The maximum Gasteiger partial charge on any atom is 0.260 e. The van der Waals surface area contributed by atoms with Crippen LogP contribution in [0.15, 0.2) is 54.1 Å². The zero-order valence-electron chi connectivity index (χ0n) is 19.6. The summed E-state index contributed by atoms with van der Waals surface area (Å²) in [5.41, 5.74) is 0.574. The number of alkyl halides is 1. The Hall–Kier alpha value is -3.50. The van der Waals surface area contributed by atoms with E-state index in [0.29, 0.717) is 12.2 Å². The van der Waals surface area contributed by atoms with Gasteiger partial charge in [0.05, 0.1) is 24.8 Å². The van der Waals surface area contributed by atoms with Crippen molar-refractivity contribution in [2.45, 2.75) is 19.1 Å². The van der Waals surface area contributed by atoms with Crippen LogP contribution in [0.25, 0.3) is 11.8 Å². The standard InChI is InChI=1S/C25H24ClF3N4O3/c1-16-13-32(15-30-16)21-6-4-17(10-22(21)35-2)5-7-23-31-36-25(14-34,33(23)9-3-8-26)18-11-19(27)24(29)20(28)12-18/h4-7,10-13,15,34H,3,8-9,14H2,1-2H3/b7-5+. The van der Waals surface area contributed by atoms with Crippen LogP contribution in [0.1, 0.15) is 23.2 Å². The van der Waals surface area contributed by atoms with Crippen LogP contribution >= 0.6 is 11.6 Å². The summed E-state index contributed by atoms with van der Waals surface area (Å²) in [5, 5.41) is 14.3.